The molecule has 4 aromatic rings. The van der Waals surface area contributed by atoms with Gasteiger partial charge in [0.2, 0.25) is 5.91 Å². The molecule has 5 nitrogen and oxygen atoms in total. The number of hydrogen-bond acceptors (Lipinski definition) is 6. The summed E-state index contributed by atoms with van der Waals surface area (Å²) < 4.78 is 5.65. The molecule has 0 aliphatic carbocycles. The molecule has 0 unspecified atom stereocenters. The molecule has 2 heterocycles. The van der Waals surface area contributed by atoms with Crippen molar-refractivity contribution in [2.24, 2.45) is 0 Å². The van der Waals surface area contributed by atoms with Gasteiger partial charge in [-0.15, -0.1) is 21.5 Å². The second-order valence-electron chi connectivity index (χ2n) is 5.78. The maximum absolute atomic E-state index is 12.8. The lowest BCUT2D eigenvalue weighted by atomic mass is 10.1. The highest BCUT2D eigenvalue weighted by atomic mass is 32.2. The highest BCUT2D eigenvalue weighted by Crippen LogP contribution is 2.29. The zero-order chi connectivity index (χ0) is 18.6. The summed E-state index contributed by atoms with van der Waals surface area (Å²) in [6, 6.07) is 18.0. The van der Waals surface area contributed by atoms with Gasteiger partial charge in [-0.05, 0) is 29.8 Å². The topological polar surface area (TPSA) is 59.2 Å². The summed E-state index contributed by atoms with van der Waals surface area (Å²) in [6.07, 6.45) is 0. The Morgan fingerprint density at radius 3 is 2.78 bits per heavy atom. The Kier molecular flexibility index (Phi) is 5.22. The lowest BCUT2D eigenvalue weighted by molar-refractivity contribution is -0.116. The fourth-order valence-corrected chi connectivity index (χ4v) is 4.18. The minimum absolute atomic E-state index is 0.00901. The predicted molar refractivity (Wildman–Crippen MR) is 110 cm³/mol. The van der Waals surface area contributed by atoms with Crippen molar-refractivity contribution in [3.63, 3.8) is 0 Å². The molecular formula is C20H17N3O2S2. The number of amides is 1. The molecule has 2 aromatic carbocycles. The lowest BCUT2D eigenvalue weighted by Gasteiger charge is -2.22. The first-order valence-corrected chi connectivity index (χ1v) is 10.4. The second-order valence-corrected chi connectivity index (χ2v) is 7.65. The van der Waals surface area contributed by atoms with Crippen molar-refractivity contribution in [1.29, 1.82) is 0 Å². The number of anilines is 1. The average molecular weight is 396 g/mol. The number of carbonyl (C=O) groups is 1. The molecule has 0 aliphatic heterocycles. The monoisotopic (exact) mass is 395 g/mol. The fourth-order valence-electron chi connectivity index (χ4n) is 2.89. The molecule has 0 saturated carbocycles. The number of thiophene rings is 1. The Labute approximate surface area is 165 Å². The number of aromatic nitrogens is 2. The summed E-state index contributed by atoms with van der Waals surface area (Å²) in [5.74, 6) is 0.736. The molecule has 0 bridgehead atoms. The fraction of sp³-hybridized carbons (Fsp3) is 0.150. The molecule has 0 fully saturated rings. The molecule has 4 rings (SSSR count). The van der Waals surface area contributed by atoms with Gasteiger partial charge in [0.25, 0.3) is 11.1 Å². The van der Waals surface area contributed by atoms with Crippen LogP contribution in [-0.4, -0.2) is 28.4 Å². The second kappa shape index (κ2) is 7.94. The molecular weight excluding hydrogens is 378 g/mol. The van der Waals surface area contributed by atoms with Crippen LogP contribution in [0.25, 0.3) is 21.5 Å². The molecule has 1 amide bonds. The van der Waals surface area contributed by atoms with Gasteiger partial charge >= 0.3 is 0 Å². The normalized spacial score (nSPS) is 11.0. The van der Waals surface area contributed by atoms with E-state index in [0.717, 1.165) is 21.3 Å². The SMILES string of the molecule is CCN(C(=O)CSc1nnc(-c2cccs2)o1)c1cccc2ccccc12. The van der Waals surface area contributed by atoms with Crippen molar-refractivity contribution in [2.45, 2.75) is 12.1 Å². The van der Waals surface area contributed by atoms with E-state index in [1.165, 1.54) is 23.1 Å². The summed E-state index contributed by atoms with van der Waals surface area (Å²) >= 11 is 2.80. The standard InChI is InChI=1S/C20H17N3O2S2/c1-2-23(16-10-5-8-14-7-3-4-9-15(14)16)18(24)13-27-20-22-21-19(25-20)17-11-6-12-26-17/h3-12H,2,13H2,1H3. The quantitative estimate of drug-likeness (QED) is 0.425. The predicted octanol–water partition coefficient (Wildman–Crippen LogP) is 5.10. The van der Waals surface area contributed by atoms with E-state index < -0.39 is 0 Å². The molecule has 27 heavy (non-hydrogen) atoms. The summed E-state index contributed by atoms with van der Waals surface area (Å²) in [6.45, 7) is 2.57. The molecule has 0 N–H and O–H groups in total. The number of rotatable bonds is 6. The molecule has 0 spiro atoms. The van der Waals surface area contributed by atoms with Gasteiger partial charge < -0.3 is 9.32 Å². The highest BCUT2D eigenvalue weighted by Gasteiger charge is 2.18. The van der Waals surface area contributed by atoms with Gasteiger partial charge in [-0.1, -0.05) is 54.2 Å². The minimum Gasteiger partial charge on any atom is -0.410 e. The van der Waals surface area contributed by atoms with Gasteiger partial charge in [-0.3, -0.25) is 4.79 Å². The van der Waals surface area contributed by atoms with E-state index in [1.807, 2.05) is 54.8 Å². The maximum atomic E-state index is 12.8. The Bertz CT molecular complexity index is 1050. The van der Waals surface area contributed by atoms with Crippen molar-refractivity contribution in [3.05, 3.63) is 60.0 Å². The molecule has 0 atom stereocenters. The summed E-state index contributed by atoms with van der Waals surface area (Å²) in [4.78, 5) is 15.6. The van der Waals surface area contributed by atoms with Crippen LogP contribution in [0.3, 0.4) is 0 Å². The molecule has 0 radical (unpaired) electrons. The van der Waals surface area contributed by atoms with Crippen molar-refractivity contribution in [2.75, 3.05) is 17.2 Å². The first kappa shape index (κ1) is 17.8. The van der Waals surface area contributed by atoms with Crippen LogP contribution in [0, 0.1) is 0 Å². The third-order valence-electron chi connectivity index (χ3n) is 4.13. The van der Waals surface area contributed by atoms with Gasteiger partial charge in [0.05, 0.1) is 16.3 Å². The van der Waals surface area contributed by atoms with E-state index in [9.17, 15) is 4.79 Å². The van der Waals surface area contributed by atoms with Crippen LogP contribution >= 0.6 is 23.1 Å². The first-order valence-electron chi connectivity index (χ1n) is 8.54. The van der Waals surface area contributed by atoms with Crippen molar-refractivity contribution in [3.8, 4) is 10.8 Å². The third kappa shape index (κ3) is 3.74. The van der Waals surface area contributed by atoms with Crippen molar-refractivity contribution >= 4 is 45.5 Å². The zero-order valence-corrected chi connectivity index (χ0v) is 16.3. The van der Waals surface area contributed by atoms with E-state index in [4.69, 9.17) is 4.42 Å². The number of thioether (sulfide) groups is 1. The Balaban J connectivity index is 1.49. The summed E-state index contributed by atoms with van der Waals surface area (Å²) in [5, 5.41) is 12.6. The van der Waals surface area contributed by atoms with Crippen LogP contribution in [0.2, 0.25) is 0 Å². The van der Waals surface area contributed by atoms with Gasteiger partial charge in [0.1, 0.15) is 0 Å². The first-order chi connectivity index (χ1) is 13.3. The van der Waals surface area contributed by atoms with E-state index in [1.54, 1.807) is 4.90 Å². The third-order valence-corrected chi connectivity index (χ3v) is 5.79. The Morgan fingerprint density at radius 2 is 1.96 bits per heavy atom. The van der Waals surface area contributed by atoms with Crippen LogP contribution in [0.5, 0.6) is 0 Å². The summed E-state index contributed by atoms with van der Waals surface area (Å²) in [7, 11) is 0. The van der Waals surface area contributed by atoms with Crippen LogP contribution in [-0.2, 0) is 4.79 Å². The Morgan fingerprint density at radius 1 is 1.11 bits per heavy atom. The van der Waals surface area contributed by atoms with Gasteiger partial charge in [-0.2, -0.15) is 0 Å². The number of hydrogen-bond donors (Lipinski definition) is 0. The molecule has 7 heteroatoms. The van der Waals surface area contributed by atoms with Gasteiger partial charge in [-0.25, -0.2) is 0 Å². The van der Waals surface area contributed by atoms with Crippen LogP contribution in [0.15, 0.2) is 69.6 Å². The largest absolute Gasteiger partial charge is 0.410 e. The van der Waals surface area contributed by atoms with Crippen molar-refractivity contribution < 1.29 is 9.21 Å². The number of fused-ring (bicyclic) bond motifs is 1. The minimum atomic E-state index is 0.00901. The van der Waals surface area contributed by atoms with E-state index >= 15 is 0 Å². The summed E-state index contributed by atoms with van der Waals surface area (Å²) in [5.41, 5.74) is 0.922. The zero-order valence-electron chi connectivity index (χ0n) is 14.7. The van der Waals surface area contributed by atoms with E-state index in [2.05, 4.69) is 22.3 Å². The van der Waals surface area contributed by atoms with E-state index in [-0.39, 0.29) is 11.7 Å². The van der Waals surface area contributed by atoms with Crippen LogP contribution < -0.4 is 4.90 Å². The molecule has 136 valence electrons. The number of carbonyl (C=O) groups excluding carboxylic acids is 1. The average Bonchev–Trinajstić information content (AvgIpc) is 3.39. The molecule has 0 aliphatic rings. The van der Waals surface area contributed by atoms with Crippen molar-refractivity contribution in [1.82, 2.24) is 10.2 Å². The van der Waals surface area contributed by atoms with Gasteiger partial charge in [0, 0.05) is 11.9 Å². The smallest absolute Gasteiger partial charge is 0.277 e. The Hall–Kier alpha value is -2.64. The van der Waals surface area contributed by atoms with Gasteiger partial charge in [0.15, 0.2) is 0 Å². The molecule has 2 aromatic heterocycles. The number of nitrogens with zero attached hydrogens (tertiary/aromatic N) is 3. The van der Waals surface area contributed by atoms with E-state index in [0.29, 0.717) is 17.7 Å². The molecule has 0 saturated heterocycles. The number of benzene rings is 2. The highest BCUT2D eigenvalue weighted by molar-refractivity contribution is 7.99. The van der Waals surface area contributed by atoms with Crippen LogP contribution in [0.4, 0.5) is 5.69 Å². The maximum Gasteiger partial charge on any atom is 0.277 e. The van der Waals surface area contributed by atoms with Crippen LogP contribution in [0.1, 0.15) is 6.92 Å². The lowest BCUT2D eigenvalue weighted by Crippen LogP contribution is -2.32.